The van der Waals surface area contributed by atoms with Crippen molar-refractivity contribution in [3.8, 4) is 0 Å². The molecule has 1 aliphatic rings. The van der Waals surface area contributed by atoms with Crippen molar-refractivity contribution in [1.29, 1.82) is 0 Å². The maximum atomic E-state index is 6.15. The summed E-state index contributed by atoms with van der Waals surface area (Å²) < 4.78 is 0. The Morgan fingerprint density at radius 3 is 2.48 bits per heavy atom. The molecular weight excluding hydrogens is 258 g/mol. The van der Waals surface area contributed by atoms with E-state index in [0.717, 1.165) is 19.5 Å². The fraction of sp³-hybridized carbons (Fsp3) is 0.667. The maximum absolute atomic E-state index is 6.15. The highest BCUT2D eigenvalue weighted by molar-refractivity contribution is 5.25. The zero-order valence-corrected chi connectivity index (χ0v) is 13.9. The molecule has 0 aliphatic carbocycles. The van der Waals surface area contributed by atoms with Gasteiger partial charge in [0.15, 0.2) is 0 Å². The van der Waals surface area contributed by atoms with E-state index in [9.17, 15) is 0 Å². The van der Waals surface area contributed by atoms with Crippen LogP contribution in [0.5, 0.6) is 0 Å². The van der Waals surface area contributed by atoms with E-state index in [-0.39, 0.29) is 0 Å². The molecule has 2 unspecified atom stereocenters. The highest BCUT2D eigenvalue weighted by Crippen LogP contribution is 2.26. The highest BCUT2D eigenvalue weighted by Gasteiger charge is 2.28. The molecule has 0 radical (unpaired) electrons. The number of hydrogen-bond acceptors (Lipinski definition) is 3. The van der Waals surface area contributed by atoms with Crippen LogP contribution >= 0.6 is 0 Å². The molecule has 1 aromatic rings. The average molecular weight is 289 g/mol. The molecule has 1 saturated heterocycles. The zero-order valence-electron chi connectivity index (χ0n) is 13.9. The quantitative estimate of drug-likeness (QED) is 0.904. The molecule has 0 spiro atoms. The summed E-state index contributed by atoms with van der Waals surface area (Å²) in [6.45, 7) is 8.70. The van der Waals surface area contributed by atoms with Gasteiger partial charge < -0.3 is 10.6 Å². The Morgan fingerprint density at radius 2 is 1.90 bits per heavy atom. The van der Waals surface area contributed by atoms with Gasteiger partial charge in [0, 0.05) is 31.7 Å². The van der Waals surface area contributed by atoms with E-state index >= 15 is 0 Å². The first-order valence-electron chi connectivity index (χ1n) is 8.42. The maximum Gasteiger partial charge on any atom is 0.0473 e. The lowest BCUT2D eigenvalue weighted by Gasteiger charge is -2.37. The van der Waals surface area contributed by atoms with Crippen LogP contribution in [0.15, 0.2) is 24.3 Å². The van der Waals surface area contributed by atoms with Gasteiger partial charge >= 0.3 is 0 Å². The van der Waals surface area contributed by atoms with Crippen LogP contribution < -0.4 is 5.73 Å². The number of hydrogen-bond donors (Lipinski definition) is 1. The summed E-state index contributed by atoms with van der Waals surface area (Å²) in [7, 11) is 2.24. The number of likely N-dealkylation sites (N-methyl/N-ethyl adjacent to an activating group) is 1. The summed E-state index contributed by atoms with van der Waals surface area (Å²) in [5, 5.41) is 0. The molecule has 2 N–H and O–H groups in total. The molecule has 0 amide bonds. The molecule has 1 aromatic carbocycles. The minimum atomic E-state index is 0.354. The van der Waals surface area contributed by atoms with E-state index in [1.165, 1.54) is 30.5 Å². The van der Waals surface area contributed by atoms with Gasteiger partial charge in [0.05, 0.1) is 0 Å². The molecular formula is C18H31N3. The van der Waals surface area contributed by atoms with Gasteiger partial charge in [0.25, 0.3) is 0 Å². The zero-order chi connectivity index (χ0) is 15.2. The van der Waals surface area contributed by atoms with Crippen molar-refractivity contribution in [3.63, 3.8) is 0 Å². The van der Waals surface area contributed by atoms with E-state index in [4.69, 9.17) is 5.73 Å². The Morgan fingerprint density at radius 1 is 1.19 bits per heavy atom. The van der Waals surface area contributed by atoms with Gasteiger partial charge in [-0.15, -0.1) is 0 Å². The summed E-state index contributed by atoms with van der Waals surface area (Å²) in [6.07, 6.45) is 3.52. The first-order chi connectivity index (χ1) is 10.2. The highest BCUT2D eigenvalue weighted by atomic mass is 15.3. The van der Waals surface area contributed by atoms with Crippen molar-refractivity contribution < 1.29 is 0 Å². The third-order valence-electron chi connectivity index (χ3n) is 4.82. The van der Waals surface area contributed by atoms with Gasteiger partial charge in [-0.3, -0.25) is 4.90 Å². The number of nitrogens with two attached hydrogens (primary N) is 1. The Bertz CT molecular complexity index is 415. The smallest absolute Gasteiger partial charge is 0.0473 e. The van der Waals surface area contributed by atoms with Crippen molar-refractivity contribution in [2.45, 2.75) is 45.2 Å². The van der Waals surface area contributed by atoms with Crippen LogP contribution in [-0.4, -0.2) is 49.1 Å². The van der Waals surface area contributed by atoms with E-state index in [1.807, 2.05) is 0 Å². The van der Waals surface area contributed by atoms with Gasteiger partial charge in [0.2, 0.25) is 0 Å². The van der Waals surface area contributed by atoms with Crippen LogP contribution in [0, 0.1) is 0 Å². The SMILES string of the molecule is CCc1ccc(C(CN)N2CCCN(C)CC2CC)cc1. The molecule has 1 aliphatic heterocycles. The minimum Gasteiger partial charge on any atom is -0.329 e. The summed E-state index contributed by atoms with van der Waals surface area (Å²) in [4.78, 5) is 5.10. The van der Waals surface area contributed by atoms with Crippen LogP contribution in [0.3, 0.4) is 0 Å². The minimum absolute atomic E-state index is 0.354. The van der Waals surface area contributed by atoms with E-state index in [2.05, 4.69) is 55.0 Å². The predicted molar refractivity (Wildman–Crippen MR) is 90.5 cm³/mol. The molecule has 1 fully saturated rings. The second-order valence-corrected chi connectivity index (χ2v) is 6.26. The van der Waals surface area contributed by atoms with Crippen molar-refractivity contribution in [3.05, 3.63) is 35.4 Å². The molecule has 0 saturated carbocycles. The number of rotatable bonds is 5. The van der Waals surface area contributed by atoms with Crippen molar-refractivity contribution in [1.82, 2.24) is 9.80 Å². The molecule has 118 valence electrons. The Balaban J connectivity index is 2.20. The standard InChI is InChI=1S/C18H31N3/c1-4-15-7-9-16(10-8-15)18(13-19)21-12-6-11-20(3)14-17(21)5-2/h7-10,17-18H,4-6,11-14,19H2,1-3H3. The summed E-state index contributed by atoms with van der Waals surface area (Å²) in [5.41, 5.74) is 8.93. The van der Waals surface area contributed by atoms with Crippen molar-refractivity contribution >= 4 is 0 Å². The molecule has 0 aromatic heterocycles. The van der Waals surface area contributed by atoms with Crippen LogP contribution in [0.25, 0.3) is 0 Å². The van der Waals surface area contributed by atoms with E-state index in [1.54, 1.807) is 0 Å². The largest absolute Gasteiger partial charge is 0.329 e. The third-order valence-corrected chi connectivity index (χ3v) is 4.82. The number of benzene rings is 1. The Labute approximate surface area is 130 Å². The predicted octanol–water partition coefficient (Wildman–Crippen LogP) is 2.66. The molecule has 3 nitrogen and oxygen atoms in total. The average Bonchev–Trinajstić information content (AvgIpc) is 2.70. The summed E-state index contributed by atoms with van der Waals surface area (Å²) in [6, 6.07) is 10.0. The van der Waals surface area contributed by atoms with Crippen LogP contribution in [0.1, 0.15) is 43.9 Å². The molecule has 2 atom stereocenters. The number of aryl methyl sites for hydroxylation is 1. The van der Waals surface area contributed by atoms with Crippen LogP contribution in [0.4, 0.5) is 0 Å². The van der Waals surface area contributed by atoms with Crippen LogP contribution in [-0.2, 0) is 6.42 Å². The second kappa shape index (κ2) is 7.92. The van der Waals surface area contributed by atoms with Gasteiger partial charge in [-0.25, -0.2) is 0 Å². The fourth-order valence-corrected chi connectivity index (χ4v) is 3.47. The van der Waals surface area contributed by atoms with Crippen LogP contribution in [0.2, 0.25) is 0 Å². The summed E-state index contributed by atoms with van der Waals surface area (Å²) in [5.74, 6) is 0. The molecule has 0 bridgehead atoms. The van der Waals surface area contributed by atoms with Crippen molar-refractivity contribution in [2.24, 2.45) is 5.73 Å². The monoisotopic (exact) mass is 289 g/mol. The first-order valence-corrected chi connectivity index (χ1v) is 8.42. The van der Waals surface area contributed by atoms with E-state index < -0.39 is 0 Å². The molecule has 21 heavy (non-hydrogen) atoms. The topological polar surface area (TPSA) is 32.5 Å². The fourth-order valence-electron chi connectivity index (χ4n) is 3.47. The van der Waals surface area contributed by atoms with Gasteiger partial charge in [0.1, 0.15) is 0 Å². The normalized spacial score (nSPS) is 23.0. The summed E-state index contributed by atoms with van der Waals surface area (Å²) >= 11 is 0. The van der Waals surface area contributed by atoms with Gasteiger partial charge in [-0.1, -0.05) is 38.1 Å². The molecule has 2 rings (SSSR count). The Hall–Kier alpha value is -0.900. The molecule has 1 heterocycles. The Kier molecular flexibility index (Phi) is 6.22. The van der Waals surface area contributed by atoms with Gasteiger partial charge in [-0.2, -0.15) is 0 Å². The van der Waals surface area contributed by atoms with E-state index in [0.29, 0.717) is 18.6 Å². The third kappa shape index (κ3) is 4.06. The lowest BCUT2D eigenvalue weighted by molar-refractivity contribution is 0.131. The first kappa shape index (κ1) is 16.5. The van der Waals surface area contributed by atoms with Crippen molar-refractivity contribution in [2.75, 3.05) is 33.2 Å². The molecule has 3 heteroatoms. The number of nitrogens with zero attached hydrogens (tertiary/aromatic N) is 2. The lowest BCUT2D eigenvalue weighted by Crippen LogP contribution is -2.44. The lowest BCUT2D eigenvalue weighted by atomic mass is 10.00. The second-order valence-electron chi connectivity index (χ2n) is 6.26. The van der Waals surface area contributed by atoms with Gasteiger partial charge in [-0.05, 0) is 44.0 Å².